The lowest BCUT2D eigenvalue weighted by molar-refractivity contribution is -0.147. The summed E-state index contributed by atoms with van der Waals surface area (Å²) >= 11 is 0. The maximum atomic E-state index is 10.9. The second kappa shape index (κ2) is 6.76. The van der Waals surface area contributed by atoms with Crippen molar-refractivity contribution in [1.82, 2.24) is 0 Å². The number of hydrogen-bond acceptors (Lipinski definition) is 2. The summed E-state index contributed by atoms with van der Waals surface area (Å²) in [6.07, 6.45) is 4.30. The van der Waals surface area contributed by atoms with Crippen LogP contribution in [-0.2, 0) is 9.59 Å². The van der Waals surface area contributed by atoms with Gasteiger partial charge in [-0.15, -0.1) is 0 Å². The lowest BCUT2D eigenvalue weighted by Gasteiger charge is -2.25. The molecule has 0 aliphatic carbocycles. The summed E-state index contributed by atoms with van der Waals surface area (Å²) in [7, 11) is 0. The molecule has 0 heterocycles. The van der Waals surface area contributed by atoms with E-state index in [1.165, 1.54) is 0 Å². The van der Waals surface area contributed by atoms with Crippen molar-refractivity contribution in [2.75, 3.05) is 0 Å². The third-order valence-electron chi connectivity index (χ3n) is 3.50. The molecule has 18 heavy (non-hydrogen) atoms. The highest BCUT2D eigenvalue weighted by molar-refractivity contribution is 5.73. The predicted molar refractivity (Wildman–Crippen MR) is 70.5 cm³/mol. The number of hydrogen-bond donors (Lipinski definition) is 2. The van der Waals surface area contributed by atoms with Crippen molar-refractivity contribution in [2.45, 2.75) is 66.2 Å². The van der Waals surface area contributed by atoms with Gasteiger partial charge in [0.15, 0.2) is 0 Å². The minimum atomic E-state index is -0.757. The van der Waals surface area contributed by atoms with Gasteiger partial charge < -0.3 is 10.2 Å². The number of rotatable bonds is 9. The van der Waals surface area contributed by atoms with Gasteiger partial charge in [-0.1, -0.05) is 26.7 Å². The summed E-state index contributed by atoms with van der Waals surface area (Å²) in [5, 5.41) is 17.6. The Morgan fingerprint density at radius 2 is 1.39 bits per heavy atom. The van der Waals surface area contributed by atoms with Crippen molar-refractivity contribution in [3.63, 3.8) is 0 Å². The van der Waals surface area contributed by atoms with E-state index >= 15 is 0 Å². The lowest BCUT2D eigenvalue weighted by Crippen LogP contribution is -2.23. The second-order valence-electron chi connectivity index (χ2n) is 6.45. The summed E-state index contributed by atoms with van der Waals surface area (Å²) in [4.78, 5) is 21.4. The van der Waals surface area contributed by atoms with Crippen LogP contribution in [0.25, 0.3) is 0 Å². The van der Waals surface area contributed by atoms with Crippen molar-refractivity contribution in [3.8, 4) is 0 Å². The van der Waals surface area contributed by atoms with Crippen molar-refractivity contribution < 1.29 is 19.8 Å². The Morgan fingerprint density at radius 3 is 1.83 bits per heavy atom. The van der Waals surface area contributed by atoms with Gasteiger partial charge in [0.25, 0.3) is 0 Å². The maximum absolute atomic E-state index is 10.9. The van der Waals surface area contributed by atoms with Crippen LogP contribution in [0, 0.1) is 10.8 Å². The highest BCUT2D eigenvalue weighted by Crippen LogP contribution is 2.31. The largest absolute Gasteiger partial charge is 0.481 e. The zero-order valence-electron chi connectivity index (χ0n) is 12.0. The van der Waals surface area contributed by atoms with E-state index in [0.717, 1.165) is 19.3 Å². The third-order valence-corrected chi connectivity index (χ3v) is 3.50. The Bertz CT molecular complexity index is 292. The molecule has 0 saturated heterocycles. The molecule has 0 unspecified atom stereocenters. The number of carboxylic acid groups (broad SMARTS) is 2. The first-order valence-electron chi connectivity index (χ1n) is 6.52. The molecule has 0 amide bonds. The molecule has 0 bridgehead atoms. The smallest absolute Gasteiger partial charge is 0.309 e. The molecule has 4 heteroatoms. The summed E-state index contributed by atoms with van der Waals surface area (Å²) in [5.41, 5.74) is -0.642. The van der Waals surface area contributed by atoms with Gasteiger partial charge in [-0.2, -0.15) is 0 Å². The molecule has 0 aromatic carbocycles. The zero-order chi connectivity index (χ0) is 14.4. The normalized spacial score (nSPS) is 12.4. The minimum Gasteiger partial charge on any atom is -0.481 e. The van der Waals surface area contributed by atoms with Crippen LogP contribution in [0.5, 0.6) is 0 Å². The second-order valence-corrected chi connectivity index (χ2v) is 6.45. The van der Waals surface area contributed by atoms with Crippen molar-refractivity contribution in [1.29, 1.82) is 0 Å². The van der Waals surface area contributed by atoms with Crippen LogP contribution in [0.4, 0.5) is 0 Å². The monoisotopic (exact) mass is 258 g/mol. The Labute approximate surface area is 109 Å². The Kier molecular flexibility index (Phi) is 6.36. The average molecular weight is 258 g/mol. The van der Waals surface area contributed by atoms with E-state index in [1.54, 1.807) is 13.8 Å². The molecule has 0 fully saturated rings. The Hall–Kier alpha value is -1.06. The van der Waals surface area contributed by atoms with Crippen LogP contribution in [0.3, 0.4) is 0 Å². The van der Waals surface area contributed by atoms with Gasteiger partial charge in [0.2, 0.25) is 0 Å². The van der Waals surface area contributed by atoms with Crippen molar-refractivity contribution >= 4 is 11.9 Å². The van der Waals surface area contributed by atoms with Crippen LogP contribution in [0.1, 0.15) is 66.2 Å². The van der Waals surface area contributed by atoms with Gasteiger partial charge in [-0.05, 0) is 38.5 Å². The molecule has 0 rings (SSSR count). The molecule has 0 aromatic heterocycles. The van der Waals surface area contributed by atoms with E-state index < -0.39 is 17.4 Å². The fourth-order valence-corrected chi connectivity index (χ4v) is 1.85. The molecule has 4 nitrogen and oxygen atoms in total. The molecule has 0 spiro atoms. The van der Waals surface area contributed by atoms with E-state index in [4.69, 9.17) is 10.2 Å². The van der Waals surface area contributed by atoms with Crippen LogP contribution in [0.2, 0.25) is 0 Å². The molecule has 0 atom stereocenters. The lowest BCUT2D eigenvalue weighted by atomic mass is 9.80. The van der Waals surface area contributed by atoms with Gasteiger partial charge in [0.05, 0.1) is 5.41 Å². The molecular weight excluding hydrogens is 232 g/mol. The van der Waals surface area contributed by atoms with Gasteiger partial charge in [-0.25, -0.2) is 0 Å². The standard InChI is InChI=1S/C14H26O4/c1-13(2,10-7-11(15)16)8-5-6-9-14(3,4)12(17)18/h5-10H2,1-4H3,(H,15,16)(H,17,18). The Morgan fingerprint density at radius 1 is 0.889 bits per heavy atom. The van der Waals surface area contributed by atoms with Crippen LogP contribution in [-0.4, -0.2) is 22.2 Å². The quantitative estimate of drug-likeness (QED) is 0.620. The van der Waals surface area contributed by atoms with E-state index in [-0.39, 0.29) is 11.8 Å². The molecule has 0 aromatic rings. The first-order chi connectivity index (χ1) is 8.07. The zero-order valence-corrected chi connectivity index (χ0v) is 12.0. The highest BCUT2D eigenvalue weighted by Gasteiger charge is 2.26. The summed E-state index contributed by atoms with van der Waals surface area (Å²) < 4.78 is 0. The first kappa shape index (κ1) is 16.9. The third kappa shape index (κ3) is 7.30. The molecular formula is C14H26O4. The van der Waals surface area contributed by atoms with E-state index in [0.29, 0.717) is 12.8 Å². The van der Waals surface area contributed by atoms with E-state index in [9.17, 15) is 9.59 Å². The summed E-state index contributed by atoms with van der Waals surface area (Å²) in [6.45, 7) is 7.62. The number of unbranched alkanes of at least 4 members (excludes halogenated alkanes) is 1. The van der Waals surface area contributed by atoms with Gasteiger partial charge in [0, 0.05) is 6.42 Å². The molecule has 106 valence electrons. The van der Waals surface area contributed by atoms with Crippen molar-refractivity contribution in [3.05, 3.63) is 0 Å². The van der Waals surface area contributed by atoms with Gasteiger partial charge in [0.1, 0.15) is 0 Å². The molecule has 0 aliphatic rings. The van der Waals surface area contributed by atoms with E-state index in [2.05, 4.69) is 13.8 Å². The number of aliphatic carboxylic acids is 2. The van der Waals surface area contributed by atoms with Crippen LogP contribution in [0.15, 0.2) is 0 Å². The van der Waals surface area contributed by atoms with Crippen LogP contribution < -0.4 is 0 Å². The van der Waals surface area contributed by atoms with Crippen molar-refractivity contribution in [2.24, 2.45) is 10.8 Å². The fraction of sp³-hybridized carbons (Fsp3) is 0.857. The molecule has 0 aliphatic heterocycles. The van der Waals surface area contributed by atoms with Crippen LogP contribution >= 0.6 is 0 Å². The SMILES string of the molecule is CC(C)(CCCCC(C)(C)C(=O)O)CCC(=O)O. The first-order valence-corrected chi connectivity index (χ1v) is 6.52. The summed E-state index contributed by atoms with van der Waals surface area (Å²) in [5.74, 6) is -1.51. The Balaban J connectivity index is 3.90. The van der Waals surface area contributed by atoms with E-state index in [1.807, 2.05) is 0 Å². The van der Waals surface area contributed by atoms with Gasteiger partial charge in [-0.3, -0.25) is 9.59 Å². The number of carbonyl (C=O) groups is 2. The summed E-state index contributed by atoms with van der Waals surface area (Å²) in [6, 6.07) is 0. The molecule has 2 N–H and O–H groups in total. The predicted octanol–water partition coefficient (Wildman–Crippen LogP) is 3.55. The average Bonchev–Trinajstić information content (AvgIpc) is 2.22. The molecule has 0 radical (unpaired) electrons. The topological polar surface area (TPSA) is 74.6 Å². The maximum Gasteiger partial charge on any atom is 0.309 e. The minimum absolute atomic E-state index is 0.0196. The number of carboxylic acids is 2. The highest BCUT2D eigenvalue weighted by atomic mass is 16.4. The fourth-order valence-electron chi connectivity index (χ4n) is 1.85. The van der Waals surface area contributed by atoms with Gasteiger partial charge >= 0.3 is 11.9 Å². The molecule has 0 saturated carbocycles.